The summed E-state index contributed by atoms with van der Waals surface area (Å²) in [7, 11) is 0. The van der Waals surface area contributed by atoms with E-state index in [1.54, 1.807) is 17.8 Å². The second-order valence-corrected chi connectivity index (χ2v) is 5.89. The molecule has 2 rings (SSSR count). The number of alkyl halides is 1. The molecular weight excluding hydrogens is 289 g/mol. The Hall–Kier alpha value is -0.380. The number of benzene rings is 1. The van der Waals surface area contributed by atoms with Gasteiger partial charge in [0.05, 0.1) is 10.6 Å². The molecule has 1 aromatic carbocycles. The van der Waals surface area contributed by atoms with Crippen LogP contribution in [-0.2, 0) is 0 Å². The topological polar surface area (TPSA) is 20.3 Å². The lowest BCUT2D eigenvalue weighted by Gasteiger charge is -2.23. The molecule has 1 aliphatic heterocycles. The Morgan fingerprint density at radius 1 is 1.56 bits per heavy atom. The van der Waals surface area contributed by atoms with Crippen LogP contribution in [0.15, 0.2) is 23.1 Å². The van der Waals surface area contributed by atoms with Crippen molar-refractivity contribution in [1.82, 2.24) is 4.90 Å². The van der Waals surface area contributed by atoms with Crippen molar-refractivity contribution in [2.75, 3.05) is 18.7 Å². The van der Waals surface area contributed by atoms with Gasteiger partial charge in [-0.15, -0.1) is 23.4 Å². The summed E-state index contributed by atoms with van der Waals surface area (Å²) in [5.74, 6) is 0.491. The van der Waals surface area contributed by atoms with Crippen molar-refractivity contribution in [2.45, 2.75) is 23.8 Å². The molecule has 0 saturated carbocycles. The van der Waals surface area contributed by atoms with Crippen molar-refractivity contribution in [3.05, 3.63) is 28.8 Å². The summed E-state index contributed by atoms with van der Waals surface area (Å²) in [6.45, 7) is 0.774. The third-order valence-corrected chi connectivity index (χ3v) is 4.63. The fraction of sp³-hybridized carbons (Fsp3) is 0.462. The first-order valence-corrected chi connectivity index (χ1v) is 8.01. The molecule has 0 radical (unpaired) electrons. The Kier molecular flexibility index (Phi) is 4.82. The van der Waals surface area contributed by atoms with Crippen LogP contribution in [0.25, 0.3) is 0 Å². The van der Waals surface area contributed by atoms with Crippen LogP contribution in [0.4, 0.5) is 0 Å². The third kappa shape index (κ3) is 2.79. The number of hydrogen-bond acceptors (Lipinski definition) is 2. The molecule has 1 fully saturated rings. The standard InChI is InChI=1S/C13H15Cl2NOS/c1-18-10-4-5-12(15)11(7-10)13(17)16-6-2-3-9(16)8-14/h4-5,7,9H,2-3,6,8H2,1H3. The number of rotatable bonds is 3. The number of thioether (sulfide) groups is 1. The smallest absolute Gasteiger partial charge is 0.255 e. The summed E-state index contributed by atoms with van der Waals surface area (Å²) >= 11 is 13.6. The lowest BCUT2D eigenvalue weighted by molar-refractivity contribution is 0.0749. The highest BCUT2D eigenvalue weighted by Crippen LogP contribution is 2.27. The number of hydrogen-bond donors (Lipinski definition) is 0. The van der Waals surface area contributed by atoms with Crippen molar-refractivity contribution < 1.29 is 4.79 Å². The van der Waals surface area contributed by atoms with E-state index >= 15 is 0 Å². The van der Waals surface area contributed by atoms with Gasteiger partial charge in [-0.1, -0.05) is 11.6 Å². The minimum atomic E-state index is -0.000880. The largest absolute Gasteiger partial charge is 0.334 e. The maximum Gasteiger partial charge on any atom is 0.255 e. The number of carbonyl (C=O) groups is 1. The van der Waals surface area contributed by atoms with E-state index < -0.39 is 0 Å². The van der Waals surface area contributed by atoms with Crippen LogP contribution in [0.1, 0.15) is 23.2 Å². The molecule has 0 bridgehead atoms. The highest BCUT2D eigenvalue weighted by Gasteiger charge is 2.29. The van der Waals surface area contributed by atoms with E-state index in [0.29, 0.717) is 16.5 Å². The van der Waals surface area contributed by atoms with E-state index in [0.717, 1.165) is 24.3 Å². The monoisotopic (exact) mass is 303 g/mol. The number of nitrogens with zero attached hydrogens (tertiary/aromatic N) is 1. The molecule has 0 spiro atoms. The molecule has 2 nitrogen and oxygen atoms in total. The van der Waals surface area contributed by atoms with Gasteiger partial charge in [0.1, 0.15) is 0 Å². The van der Waals surface area contributed by atoms with Gasteiger partial charge in [0.15, 0.2) is 0 Å². The van der Waals surface area contributed by atoms with Gasteiger partial charge in [-0.2, -0.15) is 0 Å². The normalized spacial score (nSPS) is 19.3. The van der Waals surface area contributed by atoms with Crippen molar-refractivity contribution in [3.8, 4) is 0 Å². The first-order chi connectivity index (χ1) is 8.67. The zero-order chi connectivity index (χ0) is 13.1. The molecule has 1 aliphatic rings. The number of carbonyl (C=O) groups excluding carboxylic acids is 1. The molecule has 5 heteroatoms. The molecule has 1 atom stereocenters. The predicted octanol–water partition coefficient (Wildman–Crippen LogP) is 3.91. The lowest BCUT2D eigenvalue weighted by Crippen LogP contribution is -2.36. The molecule has 18 heavy (non-hydrogen) atoms. The zero-order valence-corrected chi connectivity index (χ0v) is 12.5. The molecule has 1 heterocycles. The zero-order valence-electron chi connectivity index (χ0n) is 10.2. The van der Waals surface area contributed by atoms with Gasteiger partial charge in [-0.3, -0.25) is 4.79 Å². The molecule has 0 aromatic heterocycles. The van der Waals surface area contributed by atoms with Gasteiger partial charge < -0.3 is 4.90 Å². The van der Waals surface area contributed by atoms with Crippen molar-refractivity contribution in [1.29, 1.82) is 0 Å². The molecule has 1 aromatic rings. The van der Waals surface area contributed by atoms with E-state index in [1.807, 2.05) is 23.3 Å². The van der Waals surface area contributed by atoms with Gasteiger partial charge in [0, 0.05) is 23.4 Å². The van der Waals surface area contributed by atoms with E-state index in [-0.39, 0.29) is 11.9 Å². The maximum atomic E-state index is 12.5. The van der Waals surface area contributed by atoms with Crippen molar-refractivity contribution in [3.63, 3.8) is 0 Å². The fourth-order valence-corrected chi connectivity index (χ4v) is 3.17. The van der Waals surface area contributed by atoms with Crippen LogP contribution < -0.4 is 0 Å². The minimum Gasteiger partial charge on any atom is -0.334 e. The van der Waals surface area contributed by atoms with Gasteiger partial charge in [-0.25, -0.2) is 0 Å². The van der Waals surface area contributed by atoms with Crippen LogP contribution in [0.3, 0.4) is 0 Å². The summed E-state index contributed by atoms with van der Waals surface area (Å²) in [5.41, 5.74) is 0.584. The van der Waals surface area contributed by atoms with Gasteiger partial charge in [-0.05, 0) is 37.3 Å². The second-order valence-electron chi connectivity index (χ2n) is 4.29. The summed E-state index contributed by atoms with van der Waals surface area (Å²) in [6.07, 6.45) is 3.98. The molecule has 1 unspecified atom stereocenters. The molecule has 0 aliphatic carbocycles. The second kappa shape index (κ2) is 6.18. The molecule has 0 N–H and O–H groups in total. The Balaban J connectivity index is 2.27. The third-order valence-electron chi connectivity index (χ3n) is 3.22. The highest BCUT2D eigenvalue weighted by atomic mass is 35.5. The van der Waals surface area contributed by atoms with E-state index in [1.165, 1.54) is 0 Å². The Morgan fingerprint density at radius 2 is 2.33 bits per heavy atom. The van der Waals surface area contributed by atoms with Gasteiger partial charge >= 0.3 is 0 Å². The van der Waals surface area contributed by atoms with Gasteiger partial charge in [0.25, 0.3) is 5.91 Å². The Bertz CT molecular complexity index is 453. The summed E-state index contributed by atoms with van der Waals surface area (Å²) in [6, 6.07) is 5.71. The number of likely N-dealkylation sites (tertiary alicyclic amines) is 1. The molecular formula is C13H15Cl2NOS. The van der Waals surface area contributed by atoms with Crippen LogP contribution >= 0.6 is 35.0 Å². The first-order valence-electron chi connectivity index (χ1n) is 5.88. The molecule has 98 valence electrons. The van der Waals surface area contributed by atoms with E-state index in [9.17, 15) is 4.79 Å². The molecule has 1 saturated heterocycles. The van der Waals surface area contributed by atoms with Crippen LogP contribution in [-0.4, -0.2) is 35.5 Å². The predicted molar refractivity (Wildman–Crippen MR) is 78.0 cm³/mol. The van der Waals surface area contributed by atoms with E-state index in [4.69, 9.17) is 23.2 Å². The van der Waals surface area contributed by atoms with Crippen LogP contribution in [0, 0.1) is 0 Å². The number of amides is 1. The highest BCUT2D eigenvalue weighted by molar-refractivity contribution is 7.98. The first kappa shape index (κ1) is 14.0. The van der Waals surface area contributed by atoms with Crippen molar-refractivity contribution >= 4 is 40.9 Å². The number of halogens is 2. The van der Waals surface area contributed by atoms with Crippen LogP contribution in [0.2, 0.25) is 5.02 Å². The maximum absolute atomic E-state index is 12.5. The Labute approximate surface area is 122 Å². The lowest BCUT2D eigenvalue weighted by atomic mass is 10.2. The quantitative estimate of drug-likeness (QED) is 0.623. The Morgan fingerprint density at radius 3 is 3.00 bits per heavy atom. The summed E-state index contributed by atoms with van der Waals surface area (Å²) in [5, 5.41) is 0.512. The van der Waals surface area contributed by atoms with Crippen molar-refractivity contribution in [2.24, 2.45) is 0 Å². The minimum absolute atomic E-state index is 0.000880. The average Bonchev–Trinajstić information content (AvgIpc) is 2.86. The van der Waals surface area contributed by atoms with Crippen LogP contribution in [0.5, 0.6) is 0 Å². The summed E-state index contributed by atoms with van der Waals surface area (Å²) in [4.78, 5) is 15.4. The summed E-state index contributed by atoms with van der Waals surface area (Å²) < 4.78 is 0. The fourth-order valence-electron chi connectivity index (χ4n) is 2.21. The molecule has 1 amide bonds. The van der Waals surface area contributed by atoms with E-state index in [2.05, 4.69) is 0 Å². The SMILES string of the molecule is CSc1ccc(Cl)c(C(=O)N2CCCC2CCl)c1. The van der Waals surface area contributed by atoms with Gasteiger partial charge in [0.2, 0.25) is 0 Å². The average molecular weight is 304 g/mol.